The average molecular weight is 349 g/mol. The summed E-state index contributed by atoms with van der Waals surface area (Å²) >= 11 is 0. The molecule has 3 nitrogen and oxygen atoms in total. The van der Waals surface area contributed by atoms with Crippen molar-refractivity contribution >= 4 is 24.8 Å². The highest BCUT2D eigenvalue weighted by Crippen LogP contribution is 2.14. The largest absolute Gasteiger partial charge is 0.492 e. The highest BCUT2D eigenvalue weighted by Gasteiger charge is 2.09. The molecule has 5 heteroatoms. The summed E-state index contributed by atoms with van der Waals surface area (Å²) < 4.78 is 5.84. The first-order chi connectivity index (χ1) is 9.78. The molecule has 1 aromatic rings. The zero-order valence-electron chi connectivity index (χ0n) is 13.7. The van der Waals surface area contributed by atoms with Crippen LogP contribution in [0.5, 0.6) is 5.75 Å². The second-order valence-corrected chi connectivity index (χ2v) is 5.79. The van der Waals surface area contributed by atoms with Crippen LogP contribution in [-0.4, -0.2) is 44.2 Å². The van der Waals surface area contributed by atoms with E-state index in [1.807, 2.05) is 7.05 Å². The Morgan fingerprint density at radius 3 is 2.32 bits per heavy atom. The van der Waals surface area contributed by atoms with Gasteiger partial charge in [-0.25, -0.2) is 0 Å². The number of likely N-dealkylation sites (tertiary alicyclic amines) is 1. The number of ether oxygens (including phenoxy) is 1. The number of benzene rings is 1. The van der Waals surface area contributed by atoms with Gasteiger partial charge in [-0.3, -0.25) is 4.90 Å². The van der Waals surface area contributed by atoms with Crippen molar-refractivity contribution in [1.29, 1.82) is 0 Å². The van der Waals surface area contributed by atoms with Crippen molar-refractivity contribution in [1.82, 2.24) is 10.2 Å². The van der Waals surface area contributed by atoms with E-state index in [9.17, 15) is 0 Å². The second-order valence-electron chi connectivity index (χ2n) is 5.79. The van der Waals surface area contributed by atoms with Crippen LogP contribution in [-0.2, 0) is 6.42 Å². The van der Waals surface area contributed by atoms with Crippen molar-refractivity contribution in [2.75, 3.05) is 33.3 Å². The third-order valence-corrected chi connectivity index (χ3v) is 4.08. The summed E-state index contributed by atoms with van der Waals surface area (Å²) in [5.41, 5.74) is 1.36. The van der Waals surface area contributed by atoms with E-state index in [-0.39, 0.29) is 24.8 Å². The Labute approximate surface area is 147 Å². The number of piperidine rings is 1. The van der Waals surface area contributed by atoms with Gasteiger partial charge in [0.2, 0.25) is 0 Å². The van der Waals surface area contributed by atoms with Crippen LogP contribution in [0.3, 0.4) is 0 Å². The van der Waals surface area contributed by atoms with E-state index in [1.54, 1.807) is 0 Å². The Bertz CT molecular complexity index is 381. The third-order valence-electron chi connectivity index (χ3n) is 4.08. The molecule has 1 atom stereocenters. The van der Waals surface area contributed by atoms with Gasteiger partial charge in [0.05, 0.1) is 0 Å². The molecule has 22 heavy (non-hydrogen) atoms. The van der Waals surface area contributed by atoms with Gasteiger partial charge >= 0.3 is 0 Å². The zero-order chi connectivity index (χ0) is 14.2. The van der Waals surface area contributed by atoms with Gasteiger partial charge in [-0.05, 0) is 64.0 Å². The van der Waals surface area contributed by atoms with Crippen LogP contribution in [0.2, 0.25) is 0 Å². The fourth-order valence-corrected chi connectivity index (χ4v) is 2.65. The highest BCUT2D eigenvalue weighted by molar-refractivity contribution is 5.85. The molecule has 128 valence electrons. The minimum absolute atomic E-state index is 0. The maximum absolute atomic E-state index is 5.84. The summed E-state index contributed by atoms with van der Waals surface area (Å²) in [6.45, 7) is 6.53. The number of nitrogens with one attached hydrogen (secondary N) is 1. The molecular weight excluding hydrogens is 319 g/mol. The number of hydrogen-bond acceptors (Lipinski definition) is 3. The summed E-state index contributed by atoms with van der Waals surface area (Å²) in [5, 5.41) is 3.26. The van der Waals surface area contributed by atoms with Gasteiger partial charge < -0.3 is 10.1 Å². The number of nitrogens with zero attached hydrogens (tertiary/aromatic N) is 1. The van der Waals surface area contributed by atoms with Crippen molar-refractivity contribution in [2.45, 2.75) is 38.6 Å². The minimum atomic E-state index is 0. The molecule has 0 aromatic heterocycles. The van der Waals surface area contributed by atoms with E-state index < -0.39 is 0 Å². The summed E-state index contributed by atoms with van der Waals surface area (Å²) in [6.07, 6.45) is 5.14. The summed E-state index contributed by atoms with van der Waals surface area (Å²) in [6, 6.07) is 9.04. The van der Waals surface area contributed by atoms with Gasteiger partial charge in [-0.1, -0.05) is 18.6 Å². The number of rotatable bonds is 7. The Morgan fingerprint density at radius 1 is 1.09 bits per heavy atom. The predicted molar refractivity (Wildman–Crippen MR) is 98.9 cm³/mol. The van der Waals surface area contributed by atoms with E-state index in [4.69, 9.17) is 4.74 Å². The Balaban J connectivity index is 0.00000220. The van der Waals surface area contributed by atoms with E-state index in [0.29, 0.717) is 6.04 Å². The maximum Gasteiger partial charge on any atom is 0.119 e. The first-order valence-corrected chi connectivity index (χ1v) is 7.89. The third kappa shape index (κ3) is 7.68. The molecule has 1 aliphatic rings. The van der Waals surface area contributed by atoms with Crippen LogP contribution < -0.4 is 10.1 Å². The molecular formula is C17H30Cl2N2O. The zero-order valence-corrected chi connectivity index (χ0v) is 15.3. The molecule has 1 heterocycles. The first-order valence-electron chi connectivity index (χ1n) is 7.89. The molecule has 0 radical (unpaired) electrons. The van der Waals surface area contributed by atoms with Crippen LogP contribution in [0.15, 0.2) is 24.3 Å². The van der Waals surface area contributed by atoms with Gasteiger partial charge in [-0.15, -0.1) is 24.8 Å². The van der Waals surface area contributed by atoms with Crippen molar-refractivity contribution in [3.05, 3.63) is 29.8 Å². The smallest absolute Gasteiger partial charge is 0.119 e. The van der Waals surface area contributed by atoms with Crippen LogP contribution in [0.25, 0.3) is 0 Å². The molecule has 1 unspecified atom stereocenters. The SMILES string of the molecule is CNC(C)Cc1ccc(OCCN2CCCCC2)cc1.Cl.Cl. The fraction of sp³-hybridized carbons (Fsp3) is 0.647. The molecule has 0 amide bonds. The van der Waals surface area contributed by atoms with Crippen molar-refractivity contribution < 1.29 is 4.74 Å². The Hall–Kier alpha value is -0.480. The lowest BCUT2D eigenvalue weighted by atomic mass is 10.1. The van der Waals surface area contributed by atoms with Crippen LogP contribution in [0.4, 0.5) is 0 Å². The van der Waals surface area contributed by atoms with Gasteiger partial charge in [0.25, 0.3) is 0 Å². The topological polar surface area (TPSA) is 24.5 Å². The van der Waals surface area contributed by atoms with Crippen molar-refractivity contribution in [2.24, 2.45) is 0 Å². The minimum Gasteiger partial charge on any atom is -0.492 e. The lowest BCUT2D eigenvalue weighted by Gasteiger charge is -2.26. The van der Waals surface area contributed by atoms with E-state index >= 15 is 0 Å². The molecule has 1 fully saturated rings. The fourth-order valence-electron chi connectivity index (χ4n) is 2.65. The summed E-state index contributed by atoms with van der Waals surface area (Å²) in [5.74, 6) is 0.989. The molecule has 1 saturated heterocycles. The number of likely N-dealkylation sites (N-methyl/N-ethyl adjacent to an activating group) is 1. The summed E-state index contributed by atoms with van der Waals surface area (Å²) in [4.78, 5) is 2.51. The maximum atomic E-state index is 5.84. The second kappa shape index (κ2) is 12.0. The van der Waals surface area contributed by atoms with E-state index in [2.05, 4.69) is 41.4 Å². The van der Waals surface area contributed by atoms with Crippen molar-refractivity contribution in [3.63, 3.8) is 0 Å². The molecule has 0 spiro atoms. The molecule has 0 saturated carbocycles. The molecule has 2 rings (SSSR count). The standard InChI is InChI=1S/C17H28N2O.2ClH/c1-15(18-2)14-16-6-8-17(9-7-16)20-13-12-19-10-4-3-5-11-19;;/h6-9,15,18H,3-5,10-14H2,1-2H3;2*1H. The van der Waals surface area contributed by atoms with Crippen molar-refractivity contribution in [3.8, 4) is 5.75 Å². The molecule has 0 bridgehead atoms. The highest BCUT2D eigenvalue weighted by atomic mass is 35.5. The Kier molecular flexibility index (Phi) is 11.7. The van der Waals surface area contributed by atoms with Crippen LogP contribution in [0.1, 0.15) is 31.7 Å². The monoisotopic (exact) mass is 348 g/mol. The lowest BCUT2D eigenvalue weighted by molar-refractivity contribution is 0.183. The van der Waals surface area contributed by atoms with E-state index in [0.717, 1.165) is 25.3 Å². The average Bonchev–Trinajstić information content (AvgIpc) is 2.50. The Morgan fingerprint density at radius 2 is 1.73 bits per heavy atom. The molecule has 0 aliphatic carbocycles. The molecule has 1 aliphatic heterocycles. The van der Waals surface area contributed by atoms with Gasteiger partial charge in [-0.2, -0.15) is 0 Å². The van der Waals surface area contributed by atoms with Gasteiger partial charge in [0.15, 0.2) is 0 Å². The number of hydrogen-bond donors (Lipinski definition) is 1. The quantitative estimate of drug-likeness (QED) is 0.815. The predicted octanol–water partition coefficient (Wildman–Crippen LogP) is 3.55. The first kappa shape index (κ1) is 21.5. The molecule has 1 aromatic carbocycles. The van der Waals surface area contributed by atoms with Gasteiger partial charge in [0.1, 0.15) is 12.4 Å². The molecule has 1 N–H and O–H groups in total. The van der Waals surface area contributed by atoms with Crippen LogP contribution >= 0.6 is 24.8 Å². The normalized spacial score (nSPS) is 16.3. The lowest BCUT2D eigenvalue weighted by Crippen LogP contribution is -2.33. The summed E-state index contributed by atoms with van der Waals surface area (Å²) in [7, 11) is 2.00. The van der Waals surface area contributed by atoms with Crippen LogP contribution in [0, 0.1) is 0 Å². The number of halogens is 2. The van der Waals surface area contributed by atoms with Gasteiger partial charge in [0, 0.05) is 12.6 Å². The van der Waals surface area contributed by atoms with E-state index in [1.165, 1.54) is 37.9 Å².